The lowest BCUT2D eigenvalue weighted by Gasteiger charge is -2.13. The van der Waals surface area contributed by atoms with E-state index in [0.29, 0.717) is 22.6 Å². The van der Waals surface area contributed by atoms with E-state index in [4.69, 9.17) is 0 Å². The lowest BCUT2D eigenvalue weighted by atomic mass is 10.2. The molecule has 0 spiro atoms. The fraction of sp³-hybridized carbons (Fsp3) is 0.211. The highest BCUT2D eigenvalue weighted by Crippen LogP contribution is 2.26. The molecule has 10 heteroatoms. The molecule has 152 valence electrons. The average molecular weight is 484 g/mol. The highest BCUT2D eigenvalue weighted by Gasteiger charge is 2.15. The Hall–Kier alpha value is -2.46. The van der Waals surface area contributed by atoms with Crippen LogP contribution < -0.4 is 15.6 Å². The van der Waals surface area contributed by atoms with Crippen molar-refractivity contribution in [1.82, 2.24) is 9.55 Å². The standard InChI is InChI=1S/C19H16BrF2N3O3S/c1-2-25-17(27)12-9-11(20)7-8-13(12)24-19(25)29-10-16(26)23-14-5-3-4-6-15(14)28-18(21)22/h3-9,18H,2,10H2,1H3,(H,23,26). The molecule has 0 fully saturated rings. The molecule has 2 aromatic carbocycles. The first kappa shape index (κ1) is 21.3. The zero-order valence-corrected chi connectivity index (χ0v) is 17.6. The molecule has 0 unspecified atom stereocenters. The fourth-order valence-electron chi connectivity index (χ4n) is 2.65. The number of carbonyl (C=O) groups excluding carboxylic acids is 1. The molecular weight excluding hydrogens is 468 g/mol. The van der Waals surface area contributed by atoms with Gasteiger partial charge in [0.25, 0.3) is 5.56 Å². The van der Waals surface area contributed by atoms with Crippen LogP contribution in [0, 0.1) is 0 Å². The first-order valence-electron chi connectivity index (χ1n) is 8.55. The molecule has 0 saturated heterocycles. The fourth-order valence-corrected chi connectivity index (χ4v) is 3.87. The van der Waals surface area contributed by atoms with Crippen LogP contribution in [-0.2, 0) is 11.3 Å². The molecular formula is C19H16BrF2N3O3S. The van der Waals surface area contributed by atoms with Crippen molar-refractivity contribution < 1.29 is 18.3 Å². The van der Waals surface area contributed by atoms with E-state index in [1.807, 2.05) is 6.92 Å². The van der Waals surface area contributed by atoms with Gasteiger partial charge in [-0.25, -0.2) is 4.98 Å². The van der Waals surface area contributed by atoms with E-state index in [9.17, 15) is 18.4 Å². The van der Waals surface area contributed by atoms with Crippen LogP contribution in [0.4, 0.5) is 14.5 Å². The Bertz CT molecular complexity index is 1110. The number of hydrogen-bond acceptors (Lipinski definition) is 5. The van der Waals surface area contributed by atoms with Gasteiger partial charge in [0.05, 0.1) is 22.3 Å². The monoisotopic (exact) mass is 483 g/mol. The van der Waals surface area contributed by atoms with Crippen molar-refractivity contribution in [3.63, 3.8) is 0 Å². The van der Waals surface area contributed by atoms with Gasteiger partial charge >= 0.3 is 6.61 Å². The predicted octanol–water partition coefficient (Wildman–Crippen LogP) is 4.51. The second-order valence-corrected chi connectivity index (χ2v) is 7.67. The van der Waals surface area contributed by atoms with Gasteiger partial charge in [0.2, 0.25) is 5.91 Å². The second-order valence-electron chi connectivity index (χ2n) is 5.82. The number of rotatable bonds is 7. The van der Waals surface area contributed by atoms with Crippen molar-refractivity contribution in [3.05, 3.63) is 57.3 Å². The van der Waals surface area contributed by atoms with Gasteiger partial charge in [-0.2, -0.15) is 8.78 Å². The van der Waals surface area contributed by atoms with Crippen molar-refractivity contribution >= 4 is 50.2 Å². The van der Waals surface area contributed by atoms with Gasteiger partial charge in [0, 0.05) is 11.0 Å². The minimum Gasteiger partial charge on any atom is -0.433 e. The van der Waals surface area contributed by atoms with Crippen LogP contribution in [0.3, 0.4) is 0 Å². The lowest BCUT2D eigenvalue weighted by Crippen LogP contribution is -2.23. The SMILES string of the molecule is CCn1c(SCC(=O)Nc2ccccc2OC(F)F)nc2ccc(Br)cc2c1=O. The van der Waals surface area contributed by atoms with Crippen molar-refractivity contribution in [3.8, 4) is 5.75 Å². The van der Waals surface area contributed by atoms with E-state index in [1.165, 1.54) is 22.8 Å². The third-order valence-corrected chi connectivity index (χ3v) is 5.38. The number of ether oxygens (including phenoxy) is 1. The molecule has 0 bridgehead atoms. The Morgan fingerprint density at radius 1 is 1.31 bits per heavy atom. The summed E-state index contributed by atoms with van der Waals surface area (Å²) < 4.78 is 31.7. The third kappa shape index (κ3) is 5.13. The Morgan fingerprint density at radius 3 is 2.79 bits per heavy atom. The number of fused-ring (bicyclic) bond motifs is 1. The molecule has 29 heavy (non-hydrogen) atoms. The van der Waals surface area contributed by atoms with Crippen molar-refractivity contribution in [1.29, 1.82) is 0 Å². The second kappa shape index (κ2) is 9.36. The van der Waals surface area contributed by atoms with Gasteiger partial charge < -0.3 is 10.1 Å². The minimum atomic E-state index is -3.00. The molecule has 0 radical (unpaired) electrons. The van der Waals surface area contributed by atoms with Gasteiger partial charge in [-0.05, 0) is 37.3 Å². The van der Waals surface area contributed by atoms with Crippen molar-refractivity contribution in [2.24, 2.45) is 0 Å². The summed E-state index contributed by atoms with van der Waals surface area (Å²) in [6.07, 6.45) is 0. The Kier molecular flexibility index (Phi) is 6.86. The van der Waals surface area contributed by atoms with Gasteiger partial charge in [-0.1, -0.05) is 39.8 Å². The van der Waals surface area contributed by atoms with E-state index in [2.05, 4.69) is 31.0 Å². The number of carbonyl (C=O) groups is 1. The summed E-state index contributed by atoms with van der Waals surface area (Å²) in [5, 5.41) is 3.43. The number of amides is 1. The summed E-state index contributed by atoms with van der Waals surface area (Å²) >= 11 is 4.43. The maximum absolute atomic E-state index is 12.7. The van der Waals surface area contributed by atoms with Crippen LogP contribution in [0.2, 0.25) is 0 Å². The number of halogens is 3. The maximum Gasteiger partial charge on any atom is 0.387 e. The van der Waals surface area contributed by atoms with E-state index < -0.39 is 12.5 Å². The van der Waals surface area contributed by atoms with Crippen LogP contribution in [-0.4, -0.2) is 27.8 Å². The molecule has 1 amide bonds. The topological polar surface area (TPSA) is 73.2 Å². The predicted molar refractivity (Wildman–Crippen MR) is 112 cm³/mol. The minimum absolute atomic E-state index is 0.0580. The van der Waals surface area contributed by atoms with Crippen molar-refractivity contribution in [2.45, 2.75) is 25.2 Å². The van der Waals surface area contributed by atoms with Crippen LogP contribution >= 0.6 is 27.7 Å². The number of nitrogens with zero attached hydrogens (tertiary/aromatic N) is 2. The van der Waals surface area contributed by atoms with E-state index >= 15 is 0 Å². The Labute approximate surface area is 177 Å². The van der Waals surface area contributed by atoms with Crippen molar-refractivity contribution in [2.75, 3.05) is 11.1 Å². The Balaban J connectivity index is 1.78. The Morgan fingerprint density at radius 2 is 2.07 bits per heavy atom. The number of benzene rings is 2. The molecule has 3 aromatic rings. The number of aromatic nitrogens is 2. The highest BCUT2D eigenvalue weighted by molar-refractivity contribution is 9.10. The average Bonchev–Trinajstić information content (AvgIpc) is 2.68. The summed E-state index contributed by atoms with van der Waals surface area (Å²) in [6.45, 7) is -0.790. The molecule has 0 atom stereocenters. The smallest absolute Gasteiger partial charge is 0.387 e. The molecule has 1 N–H and O–H groups in total. The normalized spacial score (nSPS) is 11.1. The summed E-state index contributed by atoms with van der Waals surface area (Å²) in [6, 6.07) is 11.1. The summed E-state index contributed by atoms with van der Waals surface area (Å²) in [5.41, 5.74) is 0.474. The van der Waals surface area contributed by atoms with Gasteiger partial charge in [0.15, 0.2) is 5.16 Å². The molecule has 1 heterocycles. The van der Waals surface area contributed by atoms with Crippen LogP contribution in [0.1, 0.15) is 6.92 Å². The molecule has 3 rings (SSSR count). The maximum atomic E-state index is 12.7. The first-order chi connectivity index (χ1) is 13.9. The first-order valence-corrected chi connectivity index (χ1v) is 10.3. The zero-order chi connectivity index (χ0) is 21.0. The summed E-state index contributed by atoms with van der Waals surface area (Å²) in [4.78, 5) is 29.5. The summed E-state index contributed by atoms with van der Waals surface area (Å²) in [7, 11) is 0. The highest BCUT2D eigenvalue weighted by atomic mass is 79.9. The molecule has 0 aliphatic rings. The molecule has 0 saturated carbocycles. The van der Waals surface area contributed by atoms with E-state index in [-0.39, 0.29) is 22.7 Å². The van der Waals surface area contributed by atoms with Gasteiger partial charge in [-0.3, -0.25) is 14.2 Å². The zero-order valence-electron chi connectivity index (χ0n) is 15.2. The molecule has 0 aliphatic heterocycles. The van der Waals surface area contributed by atoms with Gasteiger partial charge in [0.1, 0.15) is 5.75 Å². The quantitative estimate of drug-likeness (QED) is 0.395. The number of nitrogens with one attached hydrogen (secondary N) is 1. The molecule has 6 nitrogen and oxygen atoms in total. The van der Waals surface area contributed by atoms with Crippen LogP contribution in [0.15, 0.2) is 56.9 Å². The number of para-hydroxylation sites is 2. The van der Waals surface area contributed by atoms with E-state index in [0.717, 1.165) is 16.2 Å². The van der Waals surface area contributed by atoms with Crippen LogP contribution in [0.25, 0.3) is 10.9 Å². The summed E-state index contributed by atoms with van der Waals surface area (Å²) in [5.74, 6) is -0.619. The molecule has 1 aromatic heterocycles. The lowest BCUT2D eigenvalue weighted by molar-refractivity contribution is -0.113. The van der Waals surface area contributed by atoms with Crippen LogP contribution in [0.5, 0.6) is 5.75 Å². The number of alkyl halides is 2. The number of hydrogen-bond donors (Lipinski definition) is 1. The third-order valence-electron chi connectivity index (χ3n) is 3.91. The molecule has 0 aliphatic carbocycles. The van der Waals surface area contributed by atoms with E-state index in [1.54, 1.807) is 24.3 Å². The number of anilines is 1. The van der Waals surface area contributed by atoms with Gasteiger partial charge in [-0.15, -0.1) is 0 Å². The largest absolute Gasteiger partial charge is 0.433 e. The number of thioether (sulfide) groups is 1.